The summed E-state index contributed by atoms with van der Waals surface area (Å²) in [6, 6.07) is 15.1. The third-order valence-electron chi connectivity index (χ3n) is 7.37. The quantitative estimate of drug-likeness (QED) is 0.211. The number of fused-ring (bicyclic) bond motifs is 1. The summed E-state index contributed by atoms with van der Waals surface area (Å²) in [5, 5.41) is 8.15. The highest BCUT2D eigenvalue weighted by Crippen LogP contribution is 2.22. The summed E-state index contributed by atoms with van der Waals surface area (Å²) >= 11 is 0. The van der Waals surface area contributed by atoms with E-state index in [-0.39, 0.29) is 42.7 Å². The first-order valence-corrected chi connectivity index (χ1v) is 14.4. The summed E-state index contributed by atoms with van der Waals surface area (Å²) in [4.78, 5) is 74.3. The molecule has 1 saturated heterocycles. The minimum Gasteiger partial charge on any atom is -0.356 e. The number of nitrogens with one attached hydrogen (secondary N) is 3. The number of hydrogen-bond acceptors (Lipinski definition) is 7. The van der Waals surface area contributed by atoms with Gasteiger partial charge in [0.2, 0.25) is 17.6 Å². The number of rotatable bonds is 13. The maximum absolute atomic E-state index is 13.6. The monoisotopic (exact) mass is 571 g/mol. The van der Waals surface area contributed by atoms with Gasteiger partial charge in [-0.15, -0.1) is 0 Å². The van der Waals surface area contributed by atoms with Gasteiger partial charge in [-0.05, 0) is 49.3 Å². The molecular formula is C32H37N5O5. The van der Waals surface area contributed by atoms with E-state index in [2.05, 4.69) is 25.9 Å². The second-order valence-electron chi connectivity index (χ2n) is 11.2. The van der Waals surface area contributed by atoms with Crippen LogP contribution in [-0.4, -0.2) is 51.8 Å². The lowest BCUT2D eigenvalue weighted by atomic mass is 9.88. The Balaban J connectivity index is 1.50. The first-order valence-electron chi connectivity index (χ1n) is 14.4. The Morgan fingerprint density at radius 1 is 1.00 bits per heavy atom. The van der Waals surface area contributed by atoms with Crippen LogP contribution in [0.4, 0.5) is 0 Å². The van der Waals surface area contributed by atoms with E-state index < -0.39 is 35.5 Å². The fraction of sp³-hybridized carbons (Fsp3) is 0.406. The molecule has 0 bridgehead atoms. The lowest BCUT2D eigenvalue weighted by Gasteiger charge is -2.27. The molecule has 42 heavy (non-hydrogen) atoms. The molecule has 0 spiro atoms. The van der Waals surface area contributed by atoms with Crippen molar-refractivity contribution in [2.24, 2.45) is 17.8 Å². The van der Waals surface area contributed by atoms with E-state index in [1.54, 1.807) is 18.2 Å². The van der Waals surface area contributed by atoms with Crippen LogP contribution < -0.4 is 16.0 Å². The van der Waals surface area contributed by atoms with Crippen LogP contribution in [0.3, 0.4) is 0 Å². The molecule has 1 aliphatic rings. The second kappa shape index (κ2) is 14.4. The van der Waals surface area contributed by atoms with Crippen LogP contribution in [-0.2, 0) is 25.7 Å². The summed E-state index contributed by atoms with van der Waals surface area (Å²) in [7, 11) is 0. The molecule has 3 aromatic rings. The first kappa shape index (κ1) is 30.5. The summed E-state index contributed by atoms with van der Waals surface area (Å²) in [5.41, 5.74) is 2.20. The molecule has 3 amide bonds. The van der Waals surface area contributed by atoms with E-state index in [0.717, 1.165) is 12.0 Å². The molecule has 4 rings (SSSR count). The van der Waals surface area contributed by atoms with Gasteiger partial charge in [0, 0.05) is 31.3 Å². The topological polar surface area (TPSA) is 147 Å². The van der Waals surface area contributed by atoms with E-state index >= 15 is 0 Å². The van der Waals surface area contributed by atoms with Gasteiger partial charge >= 0.3 is 0 Å². The van der Waals surface area contributed by atoms with Crippen molar-refractivity contribution in [3.63, 3.8) is 0 Å². The van der Waals surface area contributed by atoms with Gasteiger partial charge in [0.25, 0.3) is 5.91 Å². The molecule has 10 nitrogen and oxygen atoms in total. The van der Waals surface area contributed by atoms with Crippen LogP contribution >= 0.6 is 0 Å². The van der Waals surface area contributed by atoms with E-state index in [1.807, 2.05) is 50.2 Å². The van der Waals surface area contributed by atoms with Crippen LogP contribution in [0.15, 0.2) is 60.8 Å². The number of piperidine rings is 1. The fourth-order valence-corrected chi connectivity index (χ4v) is 5.16. The number of ketones is 2. The lowest BCUT2D eigenvalue weighted by Crippen LogP contribution is -2.51. The molecule has 1 aliphatic heterocycles. The van der Waals surface area contributed by atoms with Crippen LogP contribution in [0.1, 0.15) is 62.0 Å². The number of nitrogens with zero attached hydrogens (tertiary/aromatic N) is 2. The minimum absolute atomic E-state index is 0.00629. The molecule has 0 radical (unpaired) electrons. The van der Waals surface area contributed by atoms with Crippen molar-refractivity contribution in [1.29, 1.82) is 0 Å². The van der Waals surface area contributed by atoms with Gasteiger partial charge in [-0.25, -0.2) is 4.98 Å². The predicted octanol–water partition coefficient (Wildman–Crippen LogP) is 3.15. The molecule has 3 N–H and O–H groups in total. The Hall–Kier alpha value is -4.47. The highest BCUT2D eigenvalue weighted by molar-refractivity contribution is 6.38. The number of carbonyl (C=O) groups excluding carboxylic acids is 5. The Bertz CT molecular complexity index is 1440. The maximum atomic E-state index is 13.6. The summed E-state index contributed by atoms with van der Waals surface area (Å²) in [6.45, 7) is 4.57. The number of para-hydroxylation sites is 2. The average Bonchev–Trinajstić information content (AvgIpc) is 2.99. The Morgan fingerprint density at radius 3 is 2.43 bits per heavy atom. The average molecular weight is 572 g/mol. The van der Waals surface area contributed by atoms with Crippen molar-refractivity contribution in [2.75, 3.05) is 6.54 Å². The van der Waals surface area contributed by atoms with Gasteiger partial charge in [0.1, 0.15) is 5.69 Å². The predicted molar refractivity (Wildman–Crippen MR) is 157 cm³/mol. The van der Waals surface area contributed by atoms with E-state index in [1.165, 1.54) is 6.20 Å². The second-order valence-corrected chi connectivity index (χ2v) is 11.2. The van der Waals surface area contributed by atoms with E-state index in [4.69, 9.17) is 0 Å². The number of amides is 3. The Kier molecular flexibility index (Phi) is 10.5. The molecule has 2 heterocycles. The Labute approximate surface area is 245 Å². The van der Waals surface area contributed by atoms with Crippen molar-refractivity contribution < 1.29 is 24.0 Å². The van der Waals surface area contributed by atoms with Gasteiger partial charge < -0.3 is 16.0 Å². The van der Waals surface area contributed by atoms with Crippen molar-refractivity contribution in [1.82, 2.24) is 25.9 Å². The van der Waals surface area contributed by atoms with E-state index in [9.17, 15) is 24.0 Å². The van der Waals surface area contributed by atoms with Gasteiger partial charge in [0.05, 0.1) is 23.3 Å². The zero-order valence-corrected chi connectivity index (χ0v) is 24.0. The number of carbonyl (C=O) groups is 5. The lowest BCUT2D eigenvalue weighted by molar-refractivity contribution is -0.141. The van der Waals surface area contributed by atoms with Gasteiger partial charge in [0.15, 0.2) is 5.78 Å². The van der Waals surface area contributed by atoms with Crippen molar-refractivity contribution >= 4 is 40.3 Å². The van der Waals surface area contributed by atoms with Gasteiger partial charge in [-0.2, -0.15) is 0 Å². The fourth-order valence-electron chi connectivity index (χ4n) is 5.16. The summed E-state index contributed by atoms with van der Waals surface area (Å²) < 4.78 is 0. The van der Waals surface area contributed by atoms with E-state index in [0.29, 0.717) is 30.4 Å². The smallest absolute Gasteiger partial charge is 0.289 e. The SMILES string of the molecule is CC(C)C[C@H](CC(=O)c1cnc2ccccc2n1)C(=O)N[C@@H](C[C@@H]1CCCNC1=O)C(=O)C(=O)NCc1ccccc1. The molecule has 0 saturated carbocycles. The number of benzene rings is 2. The molecule has 0 unspecified atom stereocenters. The Morgan fingerprint density at radius 2 is 1.71 bits per heavy atom. The molecule has 2 aromatic carbocycles. The van der Waals surface area contributed by atoms with Crippen LogP contribution in [0.5, 0.6) is 0 Å². The third-order valence-corrected chi connectivity index (χ3v) is 7.37. The van der Waals surface area contributed by atoms with Crippen molar-refractivity contribution in [2.45, 2.75) is 58.5 Å². The van der Waals surface area contributed by atoms with Gasteiger partial charge in [-0.1, -0.05) is 56.3 Å². The third kappa shape index (κ3) is 8.28. The zero-order valence-electron chi connectivity index (χ0n) is 24.0. The van der Waals surface area contributed by atoms with Crippen molar-refractivity contribution in [3.8, 4) is 0 Å². The number of Topliss-reactive ketones (excluding diaryl/α,β-unsaturated/α-hetero) is 2. The first-order chi connectivity index (χ1) is 20.2. The molecule has 220 valence electrons. The summed E-state index contributed by atoms with van der Waals surface area (Å²) in [5.74, 6) is -3.96. The van der Waals surface area contributed by atoms with Gasteiger partial charge in [-0.3, -0.25) is 29.0 Å². The molecule has 3 atom stereocenters. The summed E-state index contributed by atoms with van der Waals surface area (Å²) in [6.07, 6.45) is 2.92. The van der Waals surface area contributed by atoms with Crippen LogP contribution in [0.2, 0.25) is 0 Å². The van der Waals surface area contributed by atoms with Crippen LogP contribution in [0.25, 0.3) is 11.0 Å². The molecular weight excluding hydrogens is 534 g/mol. The van der Waals surface area contributed by atoms with Crippen LogP contribution in [0, 0.1) is 17.8 Å². The number of hydrogen-bond donors (Lipinski definition) is 3. The highest BCUT2D eigenvalue weighted by atomic mass is 16.2. The number of aromatic nitrogens is 2. The minimum atomic E-state index is -1.22. The maximum Gasteiger partial charge on any atom is 0.289 e. The molecule has 0 aliphatic carbocycles. The molecule has 1 aromatic heterocycles. The highest BCUT2D eigenvalue weighted by Gasteiger charge is 2.35. The zero-order chi connectivity index (χ0) is 30.1. The molecule has 10 heteroatoms. The molecule has 1 fully saturated rings. The largest absolute Gasteiger partial charge is 0.356 e. The van der Waals surface area contributed by atoms with Crippen molar-refractivity contribution in [3.05, 3.63) is 72.1 Å². The normalized spacial score (nSPS) is 16.4. The standard InChI is InChI=1S/C32H37N5O5/c1-20(2)15-23(17-28(38)27-19-34-24-12-6-7-13-25(24)36-27)31(41)37-26(16-22-11-8-14-33-30(22)40)29(39)32(42)35-18-21-9-4-3-5-10-21/h3-7,9-10,12-13,19-20,22-23,26H,8,11,14-18H2,1-2H3,(H,33,40)(H,35,42)(H,37,41)/t22-,23+,26-/m0/s1.